The van der Waals surface area contributed by atoms with E-state index in [4.69, 9.17) is 5.73 Å². The summed E-state index contributed by atoms with van der Waals surface area (Å²) in [6, 6.07) is 3.04. The van der Waals surface area contributed by atoms with Crippen molar-refractivity contribution in [2.45, 2.75) is 58.7 Å². The van der Waals surface area contributed by atoms with Gasteiger partial charge in [-0.25, -0.2) is 9.97 Å². The monoisotopic (exact) mass is 234 g/mol. The van der Waals surface area contributed by atoms with Crippen molar-refractivity contribution >= 4 is 5.82 Å². The molecule has 2 heterocycles. The Bertz CT molecular complexity index is 361. The molecule has 2 atom stereocenters. The van der Waals surface area contributed by atoms with E-state index in [1.807, 2.05) is 13.0 Å². The molecule has 4 nitrogen and oxygen atoms in total. The fourth-order valence-electron chi connectivity index (χ4n) is 2.68. The summed E-state index contributed by atoms with van der Waals surface area (Å²) in [5.74, 6) is 1.42. The SMILES string of the molecule is Cc1cc(N)nc(CN2C(C)CCCC2C)n1. The summed E-state index contributed by atoms with van der Waals surface area (Å²) in [4.78, 5) is 11.3. The standard InChI is InChI=1S/C13H22N4/c1-9-7-12(14)16-13(15-9)8-17-10(2)5-4-6-11(17)3/h7,10-11H,4-6,8H2,1-3H3,(H2,14,15,16). The highest BCUT2D eigenvalue weighted by atomic mass is 15.2. The molecule has 2 N–H and O–H groups in total. The van der Waals surface area contributed by atoms with Gasteiger partial charge in [-0.15, -0.1) is 0 Å². The van der Waals surface area contributed by atoms with Gasteiger partial charge in [-0.2, -0.15) is 0 Å². The molecule has 0 bridgehead atoms. The number of nitrogens with zero attached hydrogens (tertiary/aromatic N) is 3. The highest BCUT2D eigenvalue weighted by Gasteiger charge is 2.25. The first-order valence-corrected chi connectivity index (χ1v) is 6.42. The molecule has 0 aromatic carbocycles. The molecule has 1 aliphatic rings. The van der Waals surface area contributed by atoms with E-state index < -0.39 is 0 Å². The number of piperidine rings is 1. The smallest absolute Gasteiger partial charge is 0.144 e. The second-order valence-electron chi connectivity index (χ2n) is 5.15. The molecule has 2 rings (SSSR count). The number of anilines is 1. The van der Waals surface area contributed by atoms with Crippen molar-refractivity contribution in [2.24, 2.45) is 0 Å². The van der Waals surface area contributed by atoms with Gasteiger partial charge in [0.25, 0.3) is 0 Å². The van der Waals surface area contributed by atoms with Crippen LogP contribution in [0.3, 0.4) is 0 Å². The topological polar surface area (TPSA) is 55.0 Å². The van der Waals surface area contributed by atoms with Crippen LogP contribution in [0.1, 0.15) is 44.6 Å². The van der Waals surface area contributed by atoms with Gasteiger partial charge in [-0.05, 0) is 33.6 Å². The molecular formula is C13H22N4. The van der Waals surface area contributed by atoms with Crippen molar-refractivity contribution in [3.8, 4) is 0 Å². The Morgan fingerprint density at radius 3 is 2.53 bits per heavy atom. The Morgan fingerprint density at radius 1 is 1.29 bits per heavy atom. The molecule has 1 fully saturated rings. The van der Waals surface area contributed by atoms with E-state index in [9.17, 15) is 0 Å². The molecular weight excluding hydrogens is 212 g/mol. The first kappa shape index (κ1) is 12.3. The lowest BCUT2D eigenvalue weighted by Crippen LogP contribution is -2.43. The maximum atomic E-state index is 5.76. The van der Waals surface area contributed by atoms with Gasteiger partial charge < -0.3 is 5.73 Å². The number of aromatic nitrogens is 2. The van der Waals surface area contributed by atoms with Crippen LogP contribution in [-0.2, 0) is 6.54 Å². The lowest BCUT2D eigenvalue weighted by molar-refractivity contribution is 0.0922. The van der Waals surface area contributed by atoms with Gasteiger partial charge >= 0.3 is 0 Å². The van der Waals surface area contributed by atoms with E-state index in [2.05, 4.69) is 28.7 Å². The molecule has 0 spiro atoms. The van der Waals surface area contributed by atoms with E-state index in [1.165, 1.54) is 19.3 Å². The van der Waals surface area contributed by atoms with Gasteiger partial charge in [0.2, 0.25) is 0 Å². The third-order valence-corrected chi connectivity index (χ3v) is 3.62. The van der Waals surface area contributed by atoms with E-state index in [1.54, 1.807) is 0 Å². The van der Waals surface area contributed by atoms with Gasteiger partial charge in [-0.3, -0.25) is 4.90 Å². The summed E-state index contributed by atoms with van der Waals surface area (Å²) in [5, 5.41) is 0. The van der Waals surface area contributed by atoms with Crippen molar-refractivity contribution in [1.29, 1.82) is 0 Å². The van der Waals surface area contributed by atoms with Gasteiger partial charge in [0.15, 0.2) is 0 Å². The van der Waals surface area contributed by atoms with E-state index in [0.29, 0.717) is 17.9 Å². The van der Waals surface area contributed by atoms with Crippen LogP contribution in [0.4, 0.5) is 5.82 Å². The second kappa shape index (κ2) is 5.00. The van der Waals surface area contributed by atoms with Crippen molar-refractivity contribution < 1.29 is 0 Å². The fourth-order valence-corrected chi connectivity index (χ4v) is 2.68. The average Bonchev–Trinajstić information content (AvgIpc) is 2.22. The highest BCUT2D eigenvalue weighted by molar-refractivity contribution is 5.29. The second-order valence-corrected chi connectivity index (χ2v) is 5.15. The first-order valence-electron chi connectivity index (χ1n) is 6.42. The summed E-state index contributed by atoms with van der Waals surface area (Å²) >= 11 is 0. The molecule has 1 aromatic rings. The number of likely N-dealkylation sites (tertiary alicyclic amines) is 1. The fraction of sp³-hybridized carbons (Fsp3) is 0.692. The lowest BCUT2D eigenvalue weighted by Gasteiger charge is -2.38. The van der Waals surface area contributed by atoms with Crippen molar-refractivity contribution in [3.05, 3.63) is 17.6 Å². The Balaban J connectivity index is 2.13. The molecule has 1 aromatic heterocycles. The number of aryl methyl sites for hydroxylation is 1. The maximum Gasteiger partial charge on any atom is 0.144 e. The Morgan fingerprint density at radius 2 is 1.94 bits per heavy atom. The van der Waals surface area contributed by atoms with Crippen molar-refractivity contribution in [1.82, 2.24) is 14.9 Å². The Labute approximate surface area is 103 Å². The zero-order valence-electron chi connectivity index (χ0n) is 11.0. The van der Waals surface area contributed by atoms with Crippen LogP contribution < -0.4 is 5.73 Å². The average molecular weight is 234 g/mol. The van der Waals surface area contributed by atoms with Gasteiger partial charge in [-0.1, -0.05) is 6.42 Å². The number of nitrogen functional groups attached to an aromatic ring is 1. The van der Waals surface area contributed by atoms with Gasteiger partial charge in [0.05, 0.1) is 6.54 Å². The minimum Gasteiger partial charge on any atom is -0.384 e. The van der Waals surface area contributed by atoms with E-state index in [0.717, 1.165) is 18.1 Å². The summed E-state index contributed by atoms with van der Waals surface area (Å²) in [6.45, 7) is 7.35. The molecule has 94 valence electrons. The first-order chi connectivity index (χ1) is 8.06. The summed E-state index contributed by atoms with van der Waals surface area (Å²) < 4.78 is 0. The van der Waals surface area contributed by atoms with Crippen molar-refractivity contribution in [3.63, 3.8) is 0 Å². The molecule has 0 saturated carbocycles. The Kier molecular flexibility index (Phi) is 3.62. The van der Waals surface area contributed by atoms with Crippen LogP contribution in [0.5, 0.6) is 0 Å². The zero-order valence-corrected chi connectivity index (χ0v) is 11.0. The third-order valence-electron chi connectivity index (χ3n) is 3.62. The Hall–Kier alpha value is -1.16. The molecule has 0 aliphatic carbocycles. The number of rotatable bonds is 2. The van der Waals surface area contributed by atoms with Crippen LogP contribution >= 0.6 is 0 Å². The number of nitrogens with two attached hydrogens (primary N) is 1. The minimum atomic E-state index is 0.574. The van der Waals surface area contributed by atoms with Crippen molar-refractivity contribution in [2.75, 3.05) is 5.73 Å². The number of hydrogen-bond donors (Lipinski definition) is 1. The third kappa shape index (κ3) is 2.94. The molecule has 1 aliphatic heterocycles. The summed E-state index contributed by atoms with van der Waals surface area (Å²) in [6.07, 6.45) is 3.87. The summed E-state index contributed by atoms with van der Waals surface area (Å²) in [7, 11) is 0. The van der Waals surface area contributed by atoms with E-state index >= 15 is 0 Å². The highest BCUT2D eigenvalue weighted by Crippen LogP contribution is 2.23. The van der Waals surface area contributed by atoms with Crippen LogP contribution in [0.15, 0.2) is 6.07 Å². The predicted molar refractivity (Wildman–Crippen MR) is 69.5 cm³/mol. The lowest BCUT2D eigenvalue weighted by atomic mass is 9.97. The maximum absolute atomic E-state index is 5.76. The van der Waals surface area contributed by atoms with Crippen LogP contribution in [0.2, 0.25) is 0 Å². The normalized spacial score (nSPS) is 26.1. The van der Waals surface area contributed by atoms with Crippen LogP contribution in [-0.4, -0.2) is 27.0 Å². The predicted octanol–water partition coefficient (Wildman–Crippen LogP) is 2.13. The molecule has 2 unspecified atom stereocenters. The quantitative estimate of drug-likeness (QED) is 0.851. The minimum absolute atomic E-state index is 0.574. The molecule has 0 amide bonds. The number of hydrogen-bond acceptors (Lipinski definition) is 4. The van der Waals surface area contributed by atoms with Gasteiger partial charge in [0, 0.05) is 23.8 Å². The van der Waals surface area contributed by atoms with E-state index in [-0.39, 0.29) is 0 Å². The zero-order chi connectivity index (χ0) is 12.4. The molecule has 4 heteroatoms. The van der Waals surface area contributed by atoms with Crippen LogP contribution in [0.25, 0.3) is 0 Å². The molecule has 17 heavy (non-hydrogen) atoms. The molecule has 1 saturated heterocycles. The van der Waals surface area contributed by atoms with Gasteiger partial charge in [0.1, 0.15) is 11.6 Å². The van der Waals surface area contributed by atoms with Crippen LogP contribution in [0, 0.1) is 6.92 Å². The largest absolute Gasteiger partial charge is 0.384 e. The summed E-state index contributed by atoms with van der Waals surface area (Å²) in [5.41, 5.74) is 6.71. The molecule has 0 radical (unpaired) electrons.